The Labute approximate surface area is 72.8 Å². The minimum Gasteiger partial charge on any atom is -0.481 e. The molecule has 0 unspecified atom stereocenters. The summed E-state index contributed by atoms with van der Waals surface area (Å²) in [7, 11) is 0. The van der Waals surface area contributed by atoms with Crippen molar-refractivity contribution in [2.75, 3.05) is 0 Å². The number of unbranched alkanes of at least 4 members (excludes halogenated alkanes) is 1. The van der Waals surface area contributed by atoms with Crippen LogP contribution >= 0.6 is 0 Å². The molecule has 0 heterocycles. The van der Waals surface area contributed by atoms with Gasteiger partial charge in [-0.25, -0.2) is 0 Å². The Balaban J connectivity index is 3.87. The predicted octanol–water partition coefficient (Wildman–Crippen LogP) is 1.86. The van der Waals surface area contributed by atoms with E-state index in [1.54, 1.807) is 0 Å². The van der Waals surface area contributed by atoms with Crippen LogP contribution in [0.3, 0.4) is 0 Å². The predicted molar refractivity (Wildman–Crippen MR) is 45.9 cm³/mol. The minimum atomic E-state index is -0.848. The summed E-state index contributed by atoms with van der Waals surface area (Å²) < 4.78 is 0. The largest absolute Gasteiger partial charge is 0.481 e. The molecule has 1 N–H and O–H groups in total. The highest BCUT2D eigenvalue weighted by atomic mass is 16.4. The Bertz CT molecular complexity index is 163. The van der Waals surface area contributed by atoms with Gasteiger partial charge in [-0.05, 0) is 13.3 Å². The fraction of sp³-hybridized carbons (Fsp3) is 0.778. The van der Waals surface area contributed by atoms with Crippen LogP contribution in [0.15, 0.2) is 0 Å². The second-order valence-corrected chi connectivity index (χ2v) is 3.08. The third kappa shape index (κ3) is 4.88. The number of hydrogen-bond acceptors (Lipinski definition) is 2. The maximum atomic E-state index is 10.7. The Morgan fingerprint density at radius 1 is 1.42 bits per heavy atom. The third-order valence-corrected chi connectivity index (χ3v) is 1.79. The summed E-state index contributed by atoms with van der Waals surface area (Å²) in [5.41, 5.74) is 0. The van der Waals surface area contributed by atoms with Gasteiger partial charge in [0.25, 0.3) is 0 Å². The van der Waals surface area contributed by atoms with Crippen LogP contribution in [0.1, 0.15) is 39.5 Å². The molecule has 0 aromatic carbocycles. The van der Waals surface area contributed by atoms with Crippen LogP contribution in [-0.2, 0) is 9.59 Å². The average Bonchev–Trinajstić information content (AvgIpc) is 1.96. The average molecular weight is 172 g/mol. The van der Waals surface area contributed by atoms with E-state index in [1.807, 2.05) is 6.92 Å². The monoisotopic (exact) mass is 172 g/mol. The maximum Gasteiger partial charge on any atom is 0.306 e. The Kier molecular flexibility index (Phi) is 5.34. The Morgan fingerprint density at radius 2 is 2.00 bits per heavy atom. The molecule has 1 atom stereocenters. The van der Waals surface area contributed by atoms with Gasteiger partial charge >= 0.3 is 5.97 Å². The van der Waals surface area contributed by atoms with Crippen molar-refractivity contribution >= 4 is 11.8 Å². The molecule has 12 heavy (non-hydrogen) atoms. The molecule has 0 aliphatic rings. The lowest BCUT2D eigenvalue weighted by atomic mass is 9.97. The van der Waals surface area contributed by atoms with Gasteiger partial charge < -0.3 is 9.90 Å². The standard InChI is InChI=1S/C9H16O3/c1-3-4-5-8(9(11)12)6-7(2)10/h8H,3-6H2,1-2H3,(H,11,12)/t8-/m1/s1. The van der Waals surface area contributed by atoms with Crippen LogP contribution in [-0.4, -0.2) is 16.9 Å². The van der Waals surface area contributed by atoms with E-state index >= 15 is 0 Å². The first kappa shape index (κ1) is 11.1. The van der Waals surface area contributed by atoms with Crippen molar-refractivity contribution in [3.63, 3.8) is 0 Å². The second kappa shape index (κ2) is 5.75. The lowest BCUT2D eigenvalue weighted by Gasteiger charge is -2.08. The van der Waals surface area contributed by atoms with Crippen molar-refractivity contribution in [3.05, 3.63) is 0 Å². The molecule has 3 nitrogen and oxygen atoms in total. The first-order chi connectivity index (χ1) is 5.57. The molecule has 0 fully saturated rings. The van der Waals surface area contributed by atoms with Crippen LogP contribution in [0.4, 0.5) is 0 Å². The van der Waals surface area contributed by atoms with Crippen LogP contribution < -0.4 is 0 Å². The van der Waals surface area contributed by atoms with Gasteiger partial charge in [0.15, 0.2) is 0 Å². The molecule has 0 saturated heterocycles. The first-order valence-corrected chi connectivity index (χ1v) is 4.30. The van der Waals surface area contributed by atoms with Crippen molar-refractivity contribution in [1.29, 1.82) is 0 Å². The van der Waals surface area contributed by atoms with E-state index in [2.05, 4.69) is 0 Å². The summed E-state index contributed by atoms with van der Waals surface area (Å²) in [4.78, 5) is 21.2. The van der Waals surface area contributed by atoms with Gasteiger partial charge in [-0.3, -0.25) is 4.79 Å². The molecular weight excluding hydrogens is 156 g/mol. The molecule has 0 rings (SSSR count). The van der Waals surface area contributed by atoms with Crippen LogP contribution in [0.25, 0.3) is 0 Å². The van der Waals surface area contributed by atoms with E-state index in [4.69, 9.17) is 5.11 Å². The maximum absolute atomic E-state index is 10.7. The summed E-state index contributed by atoms with van der Waals surface area (Å²) in [5.74, 6) is -1.36. The van der Waals surface area contributed by atoms with Gasteiger partial charge in [0, 0.05) is 6.42 Å². The van der Waals surface area contributed by atoms with Gasteiger partial charge in [0.1, 0.15) is 5.78 Å². The smallest absolute Gasteiger partial charge is 0.306 e. The number of aliphatic carboxylic acids is 1. The fourth-order valence-electron chi connectivity index (χ4n) is 1.11. The van der Waals surface area contributed by atoms with Gasteiger partial charge in [-0.15, -0.1) is 0 Å². The van der Waals surface area contributed by atoms with Crippen molar-refractivity contribution in [3.8, 4) is 0 Å². The van der Waals surface area contributed by atoms with Crippen molar-refractivity contribution in [2.45, 2.75) is 39.5 Å². The summed E-state index contributed by atoms with van der Waals surface area (Å²) in [6.07, 6.45) is 2.65. The third-order valence-electron chi connectivity index (χ3n) is 1.79. The van der Waals surface area contributed by atoms with Crippen molar-refractivity contribution in [2.24, 2.45) is 5.92 Å². The molecule has 0 bridgehead atoms. The van der Waals surface area contributed by atoms with Crippen molar-refractivity contribution in [1.82, 2.24) is 0 Å². The number of carbonyl (C=O) groups excluding carboxylic acids is 1. The SMILES string of the molecule is CCCC[C@H](CC(C)=O)C(=O)O. The minimum absolute atomic E-state index is 0.0431. The zero-order valence-electron chi connectivity index (χ0n) is 7.67. The highest BCUT2D eigenvalue weighted by Gasteiger charge is 2.18. The first-order valence-electron chi connectivity index (χ1n) is 4.30. The van der Waals surface area contributed by atoms with Crippen LogP contribution in [0.2, 0.25) is 0 Å². The number of carboxylic acid groups (broad SMARTS) is 1. The van der Waals surface area contributed by atoms with Gasteiger partial charge in [-0.2, -0.15) is 0 Å². The van der Waals surface area contributed by atoms with E-state index in [-0.39, 0.29) is 12.2 Å². The highest BCUT2D eigenvalue weighted by molar-refractivity contribution is 5.81. The summed E-state index contributed by atoms with van der Waals surface area (Å²) in [6, 6.07) is 0. The summed E-state index contributed by atoms with van der Waals surface area (Å²) in [5, 5.41) is 8.70. The van der Waals surface area contributed by atoms with E-state index in [0.29, 0.717) is 6.42 Å². The zero-order chi connectivity index (χ0) is 9.56. The number of ketones is 1. The highest BCUT2D eigenvalue weighted by Crippen LogP contribution is 2.13. The van der Waals surface area contributed by atoms with Gasteiger partial charge in [0.05, 0.1) is 5.92 Å². The quantitative estimate of drug-likeness (QED) is 0.665. The molecule has 70 valence electrons. The summed E-state index contributed by atoms with van der Waals surface area (Å²) in [6.45, 7) is 3.44. The number of hydrogen-bond donors (Lipinski definition) is 1. The fourth-order valence-corrected chi connectivity index (χ4v) is 1.11. The summed E-state index contributed by atoms with van der Waals surface area (Å²) >= 11 is 0. The normalized spacial score (nSPS) is 12.5. The molecule has 0 amide bonds. The molecule has 0 aliphatic carbocycles. The van der Waals surface area contributed by atoms with E-state index in [1.165, 1.54) is 6.92 Å². The molecule has 0 radical (unpaired) electrons. The molecular formula is C9H16O3. The number of carboxylic acids is 1. The number of Topliss-reactive ketones (excluding diaryl/α,β-unsaturated/α-hetero) is 1. The van der Waals surface area contributed by atoms with Gasteiger partial charge in [0.2, 0.25) is 0 Å². The Morgan fingerprint density at radius 3 is 2.33 bits per heavy atom. The van der Waals surface area contributed by atoms with E-state index in [0.717, 1.165) is 12.8 Å². The molecule has 0 aliphatic heterocycles. The molecule has 0 spiro atoms. The molecule has 0 aromatic heterocycles. The number of rotatable bonds is 6. The molecule has 0 aromatic rings. The van der Waals surface area contributed by atoms with Crippen molar-refractivity contribution < 1.29 is 14.7 Å². The number of carbonyl (C=O) groups is 2. The second-order valence-electron chi connectivity index (χ2n) is 3.08. The van der Waals surface area contributed by atoms with Crippen LogP contribution in [0, 0.1) is 5.92 Å². The van der Waals surface area contributed by atoms with E-state index < -0.39 is 11.9 Å². The lowest BCUT2D eigenvalue weighted by molar-refractivity contribution is -0.143. The molecule has 3 heteroatoms. The topological polar surface area (TPSA) is 54.4 Å². The zero-order valence-corrected chi connectivity index (χ0v) is 7.67. The Hall–Kier alpha value is -0.860. The van der Waals surface area contributed by atoms with Crippen LogP contribution in [0.5, 0.6) is 0 Å². The lowest BCUT2D eigenvalue weighted by Crippen LogP contribution is -2.16. The molecule has 0 saturated carbocycles. The van der Waals surface area contributed by atoms with E-state index in [9.17, 15) is 9.59 Å². The van der Waals surface area contributed by atoms with Gasteiger partial charge in [-0.1, -0.05) is 19.8 Å².